The molecule has 0 aliphatic heterocycles. The van der Waals surface area contributed by atoms with Crippen LogP contribution in [0, 0.1) is 13.8 Å². The number of benzene rings is 3. The van der Waals surface area contributed by atoms with Gasteiger partial charge in [-0.25, -0.2) is 9.97 Å². The summed E-state index contributed by atoms with van der Waals surface area (Å²) >= 11 is 0. The summed E-state index contributed by atoms with van der Waals surface area (Å²) in [4.78, 5) is 9.27. The monoisotopic (exact) mass is 431 g/mol. The van der Waals surface area contributed by atoms with Gasteiger partial charge in [0, 0.05) is 34.5 Å². The average Bonchev–Trinajstić information content (AvgIpc) is 3.13. The number of phenols is 1. The van der Waals surface area contributed by atoms with Crippen LogP contribution in [-0.2, 0) is 0 Å². The molecule has 3 aromatic heterocycles. The van der Waals surface area contributed by atoms with E-state index in [-0.39, 0.29) is 5.75 Å². The third-order valence-electron chi connectivity index (χ3n) is 5.94. The molecule has 0 bridgehead atoms. The SMILES string of the molecule is Cc1cnc(-n2c3ccccc3c3ccc(Oc4ccc5cccc(O)c5n4)cc32)c(C)c1. The van der Waals surface area contributed by atoms with Crippen LogP contribution in [0.1, 0.15) is 11.1 Å². The lowest BCUT2D eigenvalue weighted by Crippen LogP contribution is -2.01. The van der Waals surface area contributed by atoms with Gasteiger partial charge in [0.25, 0.3) is 0 Å². The van der Waals surface area contributed by atoms with Crippen LogP contribution in [0.5, 0.6) is 17.4 Å². The molecular weight excluding hydrogens is 410 g/mol. The Bertz CT molecular complexity index is 1680. The highest BCUT2D eigenvalue weighted by Gasteiger charge is 2.16. The minimum absolute atomic E-state index is 0.134. The second kappa shape index (κ2) is 7.35. The number of aryl methyl sites for hydroxylation is 2. The van der Waals surface area contributed by atoms with Crippen LogP contribution in [0.25, 0.3) is 38.5 Å². The topological polar surface area (TPSA) is 60.2 Å². The summed E-state index contributed by atoms with van der Waals surface area (Å²) in [5.41, 5.74) is 4.86. The first-order chi connectivity index (χ1) is 16.1. The van der Waals surface area contributed by atoms with E-state index in [0.717, 1.165) is 44.1 Å². The van der Waals surface area contributed by atoms with E-state index >= 15 is 0 Å². The Morgan fingerprint density at radius 1 is 0.818 bits per heavy atom. The molecule has 0 atom stereocenters. The summed E-state index contributed by atoms with van der Waals surface area (Å²) in [7, 11) is 0. The lowest BCUT2D eigenvalue weighted by molar-refractivity contribution is 0.460. The molecule has 0 saturated heterocycles. The van der Waals surface area contributed by atoms with Gasteiger partial charge < -0.3 is 9.84 Å². The van der Waals surface area contributed by atoms with Crippen molar-refractivity contribution >= 4 is 32.7 Å². The summed E-state index contributed by atoms with van der Waals surface area (Å²) in [6.07, 6.45) is 1.90. The fourth-order valence-electron chi connectivity index (χ4n) is 4.48. The van der Waals surface area contributed by atoms with Crippen molar-refractivity contribution in [1.29, 1.82) is 0 Å². The highest BCUT2D eigenvalue weighted by atomic mass is 16.5. The Hall–Kier alpha value is -4.38. The van der Waals surface area contributed by atoms with Crippen molar-refractivity contribution < 1.29 is 9.84 Å². The molecule has 160 valence electrons. The van der Waals surface area contributed by atoms with E-state index in [1.165, 1.54) is 0 Å². The van der Waals surface area contributed by atoms with Crippen molar-refractivity contribution in [1.82, 2.24) is 14.5 Å². The zero-order chi connectivity index (χ0) is 22.5. The first kappa shape index (κ1) is 19.3. The number of rotatable bonds is 3. The molecule has 0 fully saturated rings. The van der Waals surface area contributed by atoms with Gasteiger partial charge >= 0.3 is 0 Å². The summed E-state index contributed by atoms with van der Waals surface area (Å²) in [6, 6.07) is 25.6. The van der Waals surface area contributed by atoms with Gasteiger partial charge in [-0.05, 0) is 55.3 Å². The zero-order valence-electron chi connectivity index (χ0n) is 18.3. The van der Waals surface area contributed by atoms with E-state index in [0.29, 0.717) is 17.1 Å². The molecule has 3 heterocycles. The van der Waals surface area contributed by atoms with Crippen molar-refractivity contribution in [2.75, 3.05) is 0 Å². The van der Waals surface area contributed by atoms with Crippen molar-refractivity contribution in [3.8, 4) is 23.2 Å². The fourth-order valence-corrected chi connectivity index (χ4v) is 4.48. The van der Waals surface area contributed by atoms with Gasteiger partial charge in [0.1, 0.15) is 22.8 Å². The largest absolute Gasteiger partial charge is 0.506 e. The molecule has 1 N–H and O–H groups in total. The summed E-state index contributed by atoms with van der Waals surface area (Å²) in [5, 5.41) is 13.3. The van der Waals surface area contributed by atoms with Gasteiger partial charge in [0.2, 0.25) is 5.88 Å². The second-order valence-electron chi connectivity index (χ2n) is 8.29. The number of hydrogen-bond donors (Lipinski definition) is 1. The van der Waals surface area contributed by atoms with Crippen LogP contribution in [0.3, 0.4) is 0 Å². The number of aromatic hydroxyl groups is 1. The minimum Gasteiger partial charge on any atom is -0.506 e. The Morgan fingerprint density at radius 3 is 2.55 bits per heavy atom. The quantitative estimate of drug-likeness (QED) is 0.333. The summed E-state index contributed by atoms with van der Waals surface area (Å²) in [5.74, 6) is 2.13. The number of pyridine rings is 2. The predicted octanol–water partition coefficient (Wildman–Crippen LogP) is 6.84. The molecule has 0 radical (unpaired) electrons. The van der Waals surface area contributed by atoms with Gasteiger partial charge in [-0.2, -0.15) is 0 Å². The number of phenolic OH excluding ortho intramolecular Hbond substituents is 1. The number of ether oxygens (including phenoxy) is 1. The van der Waals surface area contributed by atoms with Crippen LogP contribution < -0.4 is 4.74 Å². The molecule has 0 aliphatic rings. The molecule has 0 aliphatic carbocycles. The molecule has 5 heteroatoms. The lowest BCUT2D eigenvalue weighted by atomic mass is 10.1. The maximum atomic E-state index is 10.2. The smallest absolute Gasteiger partial charge is 0.219 e. The van der Waals surface area contributed by atoms with Crippen LogP contribution in [-0.4, -0.2) is 19.6 Å². The first-order valence-electron chi connectivity index (χ1n) is 10.8. The molecule has 6 aromatic rings. The van der Waals surface area contributed by atoms with Crippen molar-refractivity contribution in [2.45, 2.75) is 13.8 Å². The highest BCUT2D eigenvalue weighted by Crippen LogP contribution is 2.35. The fraction of sp³-hybridized carbons (Fsp3) is 0.0714. The first-order valence-corrected chi connectivity index (χ1v) is 10.8. The van der Waals surface area contributed by atoms with Crippen molar-refractivity contribution in [3.63, 3.8) is 0 Å². The summed E-state index contributed by atoms with van der Waals surface area (Å²) in [6.45, 7) is 4.14. The molecule has 0 saturated carbocycles. The van der Waals surface area contributed by atoms with Gasteiger partial charge in [-0.3, -0.25) is 4.57 Å². The number of aromatic nitrogens is 3. The number of para-hydroxylation sites is 2. The lowest BCUT2D eigenvalue weighted by Gasteiger charge is -2.11. The van der Waals surface area contributed by atoms with Crippen molar-refractivity contribution in [2.24, 2.45) is 0 Å². The van der Waals surface area contributed by atoms with E-state index in [2.05, 4.69) is 53.7 Å². The second-order valence-corrected chi connectivity index (χ2v) is 8.29. The van der Waals surface area contributed by atoms with Crippen molar-refractivity contribution in [3.05, 3.63) is 96.2 Å². The Balaban J connectivity index is 1.53. The average molecular weight is 431 g/mol. The minimum atomic E-state index is 0.134. The third-order valence-corrected chi connectivity index (χ3v) is 5.94. The Labute approximate surface area is 190 Å². The zero-order valence-corrected chi connectivity index (χ0v) is 18.3. The molecule has 0 spiro atoms. The van der Waals surface area contributed by atoms with Crippen LogP contribution >= 0.6 is 0 Å². The van der Waals surface area contributed by atoms with Gasteiger partial charge in [0.15, 0.2) is 0 Å². The van der Waals surface area contributed by atoms with Crippen LogP contribution in [0.4, 0.5) is 0 Å². The standard InChI is InChI=1S/C28H21N3O2/c1-17-14-18(2)28(29-16-17)31-23-8-4-3-7-21(23)22-12-11-20(15-24(22)31)33-26-13-10-19-6-5-9-25(32)27(19)30-26/h3-16,32H,1-2H3. The molecule has 5 nitrogen and oxygen atoms in total. The number of fused-ring (bicyclic) bond motifs is 4. The third kappa shape index (κ3) is 3.17. The van der Waals surface area contributed by atoms with E-state index in [4.69, 9.17) is 9.72 Å². The van der Waals surface area contributed by atoms with E-state index in [9.17, 15) is 5.11 Å². The molecular formula is C28H21N3O2. The molecule has 3 aromatic carbocycles. The molecule has 33 heavy (non-hydrogen) atoms. The van der Waals surface area contributed by atoms with Crippen LogP contribution in [0.2, 0.25) is 0 Å². The van der Waals surface area contributed by atoms with E-state index in [1.54, 1.807) is 12.1 Å². The predicted molar refractivity (Wildman–Crippen MR) is 132 cm³/mol. The van der Waals surface area contributed by atoms with E-state index in [1.807, 2.05) is 42.6 Å². The highest BCUT2D eigenvalue weighted by molar-refractivity contribution is 6.09. The van der Waals surface area contributed by atoms with Crippen LogP contribution in [0.15, 0.2) is 85.1 Å². The molecule has 0 amide bonds. The number of nitrogens with zero attached hydrogens (tertiary/aromatic N) is 3. The molecule has 0 unspecified atom stereocenters. The van der Waals surface area contributed by atoms with Gasteiger partial charge in [-0.15, -0.1) is 0 Å². The maximum absolute atomic E-state index is 10.2. The Kier molecular flexibility index (Phi) is 4.30. The Morgan fingerprint density at radius 2 is 1.67 bits per heavy atom. The van der Waals surface area contributed by atoms with Gasteiger partial charge in [0.05, 0.1) is 11.0 Å². The van der Waals surface area contributed by atoms with E-state index < -0.39 is 0 Å². The number of hydrogen-bond acceptors (Lipinski definition) is 4. The molecule has 6 rings (SSSR count). The summed E-state index contributed by atoms with van der Waals surface area (Å²) < 4.78 is 8.32. The van der Waals surface area contributed by atoms with Gasteiger partial charge in [-0.1, -0.05) is 36.4 Å². The normalized spacial score (nSPS) is 11.5. The maximum Gasteiger partial charge on any atom is 0.219 e.